The second-order valence-electron chi connectivity index (χ2n) is 3.53. The number of hydrogen-bond donors (Lipinski definition) is 1. The molecule has 0 radical (unpaired) electrons. The van der Waals surface area contributed by atoms with Crippen molar-refractivity contribution < 1.29 is 19.1 Å². The smallest absolute Gasteiger partial charge is 0.311 e. The summed E-state index contributed by atoms with van der Waals surface area (Å²) in [5, 5.41) is 9.21. The standard InChI is InChI=1S/C12H10ClNO4/c13-8-1-3-9(4-2-8)17-7-11-14-6-10(18-11)5-12(15)16/h1-4,6H,5,7H2,(H,15,16). The van der Waals surface area contributed by atoms with E-state index in [0.29, 0.717) is 22.4 Å². The molecule has 1 aromatic carbocycles. The fourth-order valence-electron chi connectivity index (χ4n) is 1.32. The van der Waals surface area contributed by atoms with Gasteiger partial charge in [-0.3, -0.25) is 4.79 Å². The molecule has 0 saturated carbocycles. The van der Waals surface area contributed by atoms with Crippen molar-refractivity contribution in [3.8, 4) is 5.75 Å². The predicted octanol–water partition coefficient (Wildman–Crippen LogP) is 2.53. The van der Waals surface area contributed by atoms with Gasteiger partial charge in [-0.15, -0.1) is 0 Å². The fraction of sp³-hybridized carbons (Fsp3) is 0.167. The van der Waals surface area contributed by atoms with Crippen LogP contribution >= 0.6 is 11.6 Å². The van der Waals surface area contributed by atoms with Crippen molar-refractivity contribution >= 4 is 17.6 Å². The van der Waals surface area contributed by atoms with Crippen LogP contribution in [0.2, 0.25) is 5.02 Å². The summed E-state index contributed by atoms with van der Waals surface area (Å²) in [4.78, 5) is 14.4. The minimum absolute atomic E-state index is 0.140. The lowest BCUT2D eigenvalue weighted by Crippen LogP contribution is -1.98. The molecule has 0 fully saturated rings. The zero-order valence-corrected chi connectivity index (χ0v) is 10.1. The Hall–Kier alpha value is -2.01. The molecule has 2 rings (SSSR count). The number of carboxylic acids is 1. The molecule has 0 unspecified atom stereocenters. The van der Waals surface area contributed by atoms with E-state index in [0.717, 1.165) is 0 Å². The molecule has 6 heteroatoms. The molecule has 0 aliphatic carbocycles. The van der Waals surface area contributed by atoms with E-state index in [4.69, 9.17) is 25.9 Å². The third kappa shape index (κ3) is 3.49. The lowest BCUT2D eigenvalue weighted by atomic mass is 10.3. The van der Waals surface area contributed by atoms with Gasteiger partial charge in [-0.25, -0.2) is 4.98 Å². The van der Waals surface area contributed by atoms with Crippen LogP contribution in [0.5, 0.6) is 5.75 Å². The molecule has 0 saturated heterocycles. The van der Waals surface area contributed by atoms with Crippen molar-refractivity contribution in [2.75, 3.05) is 0 Å². The summed E-state index contributed by atoms with van der Waals surface area (Å²) < 4.78 is 10.6. The highest BCUT2D eigenvalue weighted by molar-refractivity contribution is 6.30. The molecule has 0 amide bonds. The van der Waals surface area contributed by atoms with Crippen LogP contribution in [0, 0.1) is 0 Å². The number of carbonyl (C=O) groups is 1. The van der Waals surface area contributed by atoms with Crippen LogP contribution in [0.3, 0.4) is 0 Å². The molecule has 18 heavy (non-hydrogen) atoms. The molecular formula is C12H10ClNO4. The highest BCUT2D eigenvalue weighted by Gasteiger charge is 2.08. The van der Waals surface area contributed by atoms with Crippen LogP contribution in [0.1, 0.15) is 11.7 Å². The topological polar surface area (TPSA) is 72.6 Å². The van der Waals surface area contributed by atoms with Gasteiger partial charge in [-0.2, -0.15) is 0 Å². The van der Waals surface area contributed by atoms with Gasteiger partial charge in [0.05, 0.1) is 6.20 Å². The van der Waals surface area contributed by atoms with E-state index >= 15 is 0 Å². The van der Waals surface area contributed by atoms with E-state index in [-0.39, 0.29) is 13.0 Å². The average molecular weight is 268 g/mol. The van der Waals surface area contributed by atoms with E-state index < -0.39 is 5.97 Å². The Morgan fingerprint density at radius 3 is 2.78 bits per heavy atom. The van der Waals surface area contributed by atoms with E-state index in [1.165, 1.54) is 6.20 Å². The molecule has 2 aromatic rings. The van der Waals surface area contributed by atoms with Crippen molar-refractivity contribution in [1.29, 1.82) is 0 Å². The third-order valence-corrected chi connectivity index (χ3v) is 2.35. The number of halogens is 1. The predicted molar refractivity (Wildman–Crippen MR) is 63.6 cm³/mol. The Balaban J connectivity index is 1.92. The van der Waals surface area contributed by atoms with E-state index in [9.17, 15) is 4.79 Å². The first kappa shape index (κ1) is 12.4. The van der Waals surface area contributed by atoms with Gasteiger partial charge in [0, 0.05) is 5.02 Å². The zero-order valence-electron chi connectivity index (χ0n) is 9.30. The summed E-state index contributed by atoms with van der Waals surface area (Å²) in [5.74, 6) is 0.312. The Labute approximate surface area is 108 Å². The molecule has 0 aliphatic heterocycles. The van der Waals surface area contributed by atoms with E-state index in [1.54, 1.807) is 24.3 Å². The molecule has 1 heterocycles. The lowest BCUT2D eigenvalue weighted by Gasteiger charge is -2.02. The van der Waals surface area contributed by atoms with Crippen molar-refractivity contribution in [2.45, 2.75) is 13.0 Å². The van der Waals surface area contributed by atoms with Crippen LogP contribution in [0.4, 0.5) is 0 Å². The minimum atomic E-state index is -0.962. The summed E-state index contributed by atoms with van der Waals surface area (Å²) in [6, 6.07) is 6.87. The first-order valence-corrected chi connectivity index (χ1v) is 5.55. The highest BCUT2D eigenvalue weighted by atomic mass is 35.5. The normalized spacial score (nSPS) is 10.3. The Bertz CT molecular complexity index is 535. The van der Waals surface area contributed by atoms with Gasteiger partial charge in [0.25, 0.3) is 0 Å². The van der Waals surface area contributed by atoms with E-state index in [1.807, 2.05) is 0 Å². The molecule has 1 N–H and O–H groups in total. The third-order valence-electron chi connectivity index (χ3n) is 2.10. The Morgan fingerprint density at radius 1 is 1.39 bits per heavy atom. The van der Waals surface area contributed by atoms with Gasteiger partial charge in [-0.05, 0) is 24.3 Å². The average Bonchev–Trinajstić information content (AvgIpc) is 2.75. The molecule has 0 spiro atoms. The number of nitrogens with zero attached hydrogens (tertiary/aromatic N) is 1. The molecule has 1 aromatic heterocycles. The number of ether oxygens (including phenoxy) is 1. The fourth-order valence-corrected chi connectivity index (χ4v) is 1.45. The van der Waals surface area contributed by atoms with Crippen molar-refractivity contribution in [2.24, 2.45) is 0 Å². The number of hydrogen-bond acceptors (Lipinski definition) is 4. The molecule has 5 nitrogen and oxygen atoms in total. The summed E-state index contributed by atoms with van der Waals surface area (Å²) in [7, 11) is 0. The van der Waals surface area contributed by atoms with Crippen molar-refractivity contribution in [3.63, 3.8) is 0 Å². The lowest BCUT2D eigenvalue weighted by molar-refractivity contribution is -0.136. The van der Waals surface area contributed by atoms with Crippen LogP contribution in [0.15, 0.2) is 34.9 Å². The maximum atomic E-state index is 10.5. The summed E-state index contributed by atoms with van der Waals surface area (Å²) in [5.41, 5.74) is 0. The maximum absolute atomic E-state index is 10.5. The minimum Gasteiger partial charge on any atom is -0.484 e. The monoisotopic (exact) mass is 267 g/mol. The second-order valence-corrected chi connectivity index (χ2v) is 3.97. The van der Waals surface area contributed by atoms with Crippen LogP contribution < -0.4 is 4.74 Å². The van der Waals surface area contributed by atoms with Crippen LogP contribution in [-0.2, 0) is 17.8 Å². The number of rotatable bonds is 5. The van der Waals surface area contributed by atoms with E-state index in [2.05, 4.69) is 4.98 Å². The number of aliphatic carboxylic acids is 1. The van der Waals surface area contributed by atoms with Crippen molar-refractivity contribution in [3.05, 3.63) is 47.1 Å². The molecular weight excluding hydrogens is 258 g/mol. The first-order valence-electron chi connectivity index (χ1n) is 5.17. The molecule has 0 atom stereocenters. The zero-order chi connectivity index (χ0) is 13.0. The molecule has 0 bridgehead atoms. The summed E-state index contributed by atoms with van der Waals surface area (Å²) in [6.45, 7) is 0.140. The number of oxazole rings is 1. The van der Waals surface area contributed by atoms with Gasteiger partial charge in [-0.1, -0.05) is 11.6 Å². The maximum Gasteiger partial charge on any atom is 0.311 e. The molecule has 94 valence electrons. The second kappa shape index (κ2) is 5.55. The molecule has 0 aliphatic rings. The van der Waals surface area contributed by atoms with Gasteiger partial charge in [0.1, 0.15) is 17.9 Å². The Morgan fingerprint density at radius 2 is 2.11 bits per heavy atom. The highest BCUT2D eigenvalue weighted by Crippen LogP contribution is 2.17. The summed E-state index contributed by atoms with van der Waals surface area (Å²) >= 11 is 5.74. The number of carboxylic acid groups (broad SMARTS) is 1. The van der Waals surface area contributed by atoms with Gasteiger partial charge in [0.15, 0.2) is 6.61 Å². The van der Waals surface area contributed by atoms with Gasteiger partial charge in [0.2, 0.25) is 5.89 Å². The number of benzene rings is 1. The summed E-state index contributed by atoms with van der Waals surface area (Å²) in [6.07, 6.45) is 1.20. The van der Waals surface area contributed by atoms with Crippen molar-refractivity contribution in [1.82, 2.24) is 4.98 Å². The van der Waals surface area contributed by atoms with Crippen LogP contribution in [-0.4, -0.2) is 16.1 Å². The SMILES string of the molecule is O=C(O)Cc1cnc(COc2ccc(Cl)cc2)o1. The Kier molecular flexibility index (Phi) is 3.84. The largest absolute Gasteiger partial charge is 0.484 e. The van der Waals surface area contributed by atoms with Crippen LogP contribution in [0.25, 0.3) is 0 Å². The quantitative estimate of drug-likeness (QED) is 0.901. The number of aromatic nitrogens is 1. The first-order chi connectivity index (χ1) is 8.63. The van der Waals surface area contributed by atoms with Gasteiger partial charge >= 0.3 is 5.97 Å². The van der Waals surface area contributed by atoms with Gasteiger partial charge < -0.3 is 14.3 Å².